The first-order valence-electron chi connectivity index (χ1n) is 5.21. The van der Waals surface area contributed by atoms with Crippen LogP contribution in [0.15, 0.2) is 40.8 Å². The summed E-state index contributed by atoms with van der Waals surface area (Å²) < 4.78 is 5.28. The van der Waals surface area contributed by atoms with Crippen molar-refractivity contribution in [2.24, 2.45) is 5.73 Å². The van der Waals surface area contributed by atoms with Crippen molar-refractivity contribution in [3.05, 3.63) is 58.5 Å². The Balaban J connectivity index is 2.07. The van der Waals surface area contributed by atoms with Gasteiger partial charge in [0, 0.05) is 0 Å². The molecule has 1 atom stereocenters. The van der Waals surface area contributed by atoms with Gasteiger partial charge in [0.1, 0.15) is 5.76 Å². The molecule has 3 heteroatoms. The minimum Gasteiger partial charge on any atom is -0.448 e. The molecule has 0 amide bonds. The Morgan fingerprint density at radius 1 is 1.19 bits per heavy atom. The lowest BCUT2D eigenvalue weighted by Gasteiger charge is -2.08. The Morgan fingerprint density at radius 3 is 2.44 bits per heavy atom. The Morgan fingerprint density at radius 2 is 1.88 bits per heavy atom. The minimum atomic E-state index is -0.143. The predicted octanol–water partition coefficient (Wildman–Crippen LogP) is 3.48. The number of rotatable bonds is 3. The predicted molar refractivity (Wildman–Crippen MR) is 65.5 cm³/mol. The van der Waals surface area contributed by atoms with Crippen LogP contribution in [0.1, 0.15) is 22.9 Å². The highest BCUT2D eigenvalue weighted by Crippen LogP contribution is 2.21. The third-order valence-corrected chi connectivity index (χ3v) is 2.74. The van der Waals surface area contributed by atoms with Gasteiger partial charge in [0.05, 0.1) is 6.04 Å². The lowest BCUT2D eigenvalue weighted by atomic mass is 10.0. The van der Waals surface area contributed by atoms with E-state index in [2.05, 4.69) is 31.2 Å². The normalized spacial score (nSPS) is 12.7. The van der Waals surface area contributed by atoms with Gasteiger partial charge in [-0.25, -0.2) is 0 Å². The van der Waals surface area contributed by atoms with Crippen LogP contribution >= 0.6 is 11.6 Å². The zero-order valence-electron chi connectivity index (χ0n) is 9.11. The monoisotopic (exact) mass is 235 g/mol. The molecule has 2 aromatic rings. The summed E-state index contributed by atoms with van der Waals surface area (Å²) in [5.41, 5.74) is 8.47. The Labute approximate surface area is 100 Å². The molecule has 0 spiro atoms. The van der Waals surface area contributed by atoms with Crippen LogP contribution in [0, 0.1) is 6.92 Å². The molecule has 0 aliphatic rings. The number of halogens is 1. The third kappa shape index (κ3) is 2.65. The van der Waals surface area contributed by atoms with Crippen LogP contribution in [-0.4, -0.2) is 0 Å². The second-order valence-electron chi connectivity index (χ2n) is 3.94. The zero-order valence-corrected chi connectivity index (χ0v) is 9.87. The van der Waals surface area contributed by atoms with Crippen molar-refractivity contribution in [2.75, 3.05) is 0 Å². The van der Waals surface area contributed by atoms with E-state index in [1.165, 1.54) is 11.1 Å². The second kappa shape index (κ2) is 4.73. The van der Waals surface area contributed by atoms with Gasteiger partial charge in [-0.15, -0.1) is 0 Å². The highest BCUT2D eigenvalue weighted by atomic mass is 35.5. The van der Waals surface area contributed by atoms with Crippen molar-refractivity contribution < 1.29 is 4.42 Å². The summed E-state index contributed by atoms with van der Waals surface area (Å²) in [5.74, 6) is 0.727. The molecule has 0 saturated carbocycles. The van der Waals surface area contributed by atoms with E-state index >= 15 is 0 Å². The molecule has 1 heterocycles. The van der Waals surface area contributed by atoms with Crippen LogP contribution in [0.4, 0.5) is 0 Å². The van der Waals surface area contributed by atoms with Gasteiger partial charge in [-0.05, 0) is 42.6 Å². The van der Waals surface area contributed by atoms with E-state index in [9.17, 15) is 0 Å². The van der Waals surface area contributed by atoms with Crippen molar-refractivity contribution in [3.8, 4) is 0 Å². The maximum atomic E-state index is 6.03. The summed E-state index contributed by atoms with van der Waals surface area (Å²) in [6.45, 7) is 2.07. The van der Waals surface area contributed by atoms with Crippen LogP contribution in [0.5, 0.6) is 0 Å². The lowest BCUT2D eigenvalue weighted by molar-refractivity contribution is 0.466. The maximum Gasteiger partial charge on any atom is 0.193 e. The van der Waals surface area contributed by atoms with Gasteiger partial charge in [0.25, 0.3) is 0 Å². The number of hydrogen-bond donors (Lipinski definition) is 1. The third-order valence-electron chi connectivity index (χ3n) is 2.54. The van der Waals surface area contributed by atoms with E-state index in [0.29, 0.717) is 5.22 Å². The summed E-state index contributed by atoms with van der Waals surface area (Å²) in [7, 11) is 0. The van der Waals surface area contributed by atoms with Crippen LogP contribution < -0.4 is 5.73 Å². The molecular formula is C13H14ClNO. The molecule has 0 aliphatic carbocycles. The largest absolute Gasteiger partial charge is 0.448 e. The zero-order chi connectivity index (χ0) is 11.5. The van der Waals surface area contributed by atoms with E-state index in [4.69, 9.17) is 21.8 Å². The summed E-state index contributed by atoms with van der Waals surface area (Å²) in [4.78, 5) is 0. The Hall–Kier alpha value is -1.25. The second-order valence-corrected chi connectivity index (χ2v) is 4.31. The van der Waals surface area contributed by atoms with E-state index < -0.39 is 0 Å². The molecule has 0 aliphatic heterocycles. The van der Waals surface area contributed by atoms with Gasteiger partial charge in [-0.1, -0.05) is 29.8 Å². The summed E-state index contributed by atoms with van der Waals surface area (Å²) >= 11 is 5.71. The van der Waals surface area contributed by atoms with Crippen molar-refractivity contribution in [1.29, 1.82) is 0 Å². The van der Waals surface area contributed by atoms with E-state index in [-0.39, 0.29) is 6.04 Å². The van der Waals surface area contributed by atoms with Gasteiger partial charge < -0.3 is 10.2 Å². The average Bonchev–Trinajstić information content (AvgIpc) is 2.68. The summed E-state index contributed by atoms with van der Waals surface area (Å²) in [6.07, 6.45) is 0.754. The number of hydrogen-bond acceptors (Lipinski definition) is 2. The van der Waals surface area contributed by atoms with Crippen molar-refractivity contribution in [3.63, 3.8) is 0 Å². The minimum absolute atomic E-state index is 0.143. The van der Waals surface area contributed by atoms with Crippen molar-refractivity contribution in [1.82, 2.24) is 0 Å². The molecule has 0 saturated heterocycles. The first kappa shape index (κ1) is 11.2. The van der Waals surface area contributed by atoms with E-state index in [0.717, 1.165) is 12.2 Å². The molecule has 0 radical (unpaired) electrons. The smallest absolute Gasteiger partial charge is 0.193 e. The molecule has 16 heavy (non-hydrogen) atoms. The van der Waals surface area contributed by atoms with Crippen LogP contribution in [0.3, 0.4) is 0 Å². The fraction of sp³-hybridized carbons (Fsp3) is 0.231. The summed E-state index contributed by atoms with van der Waals surface area (Å²) in [5, 5.41) is 0.384. The number of furan rings is 1. The maximum absolute atomic E-state index is 6.03. The van der Waals surface area contributed by atoms with Crippen LogP contribution in [0.2, 0.25) is 5.22 Å². The van der Waals surface area contributed by atoms with E-state index in [1.807, 2.05) is 6.07 Å². The molecule has 84 valence electrons. The molecule has 1 aromatic heterocycles. The first-order valence-corrected chi connectivity index (χ1v) is 5.59. The van der Waals surface area contributed by atoms with Crippen LogP contribution in [-0.2, 0) is 6.42 Å². The highest BCUT2D eigenvalue weighted by Gasteiger charge is 2.11. The fourth-order valence-electron chi connectivity index (χ4n) is 1.61. The highest BCUT2D eigenvalue weighted by molar-refractivity contribution is 6.28. The quantitative estimate of drug-likeness (QED) is 0.885. The van der Waals surface area contributed by atoms with Crippen LogP contribution in [0.25, 0.3) is 0 Å². The summed E-state index contributed by atoms with van der Waals surface area (Å²) in [6, 6.07) is 11.7. The molecular weight excluding hydrogens is 222 g/mol. The number of aryl methyl sites for hydroxylation is 1. The Kier molecular flexibility index (Phi) is 3.32. The average molecular weight is 236 g/mol. The molecule has 1 aromatic carbocycles. The Bertz CT molecular complexity index is 461. The standard InChI is InChI=1S/C13H14ClNO/c1-9-2-4-10(5-3-9)8-11(15)12-6-7-13(14)16-12/h2-7,11H,8,15H2,1H3. The molecule has 2 rings (SSSR count). The number of benzene rings is 1. The van der Waals surface area contributed by atoms with Crippen molar-refractivity contribution >= 4 is 11.6 Å². The van der Waals surface area contributed by atoms with Gasteiger partial charge in [-0.3, -0.25) is 0 Å². The van der Waals surface area contributed by atoms with Gasteiger partial charge in [-0.2, -0.15) is 0 Å². The topological polar surface area (TPSA) is 39.2 Å². The molecule has 0 fully saturated rings. The van der Waals surface area contributed by atoms with Gasteiger partial charge >= 0.3 is 0 Å². The fourth-order valence-corrected chi connectivity index (χ4v) is 1.76. The van der Waals surface area contributed by atoms with E-state index in [1.54, 1.807) is 6.07 Å². The van der Waals surface area contributed by atoms with Gasteiger partial charge in [0.15, 0.2) is 5.22 Å². The van der Waals surface area contributed by atoms with Gasteiger partial charge in [0.2, 0.25) is 0 Å². The number of nitrogens with two attached hydrogens (primary N) is 1. The molecule has 1 unspecified atom stereocenters. The van der Waals surface area contributed by atoms with Crippen molar-refractivity contribution in [2.45, 2.75) is 19.4 Å². The lowest BCUT2D eigenvalue weighted by Crippen LogP contribution is -2.12. The molecule has 2 N–H and O–H groups in total. The molecule has 2 nitrogen and oxygen atoms in total. The first-order chi connectivity index (χ1) is 7.65. The molecule has 0 bridgehead atoms. The SMILES string of the molecule is Cc1ccc(CC(N)c2ccc(Cl)o2)cc1.